The molecule has 1 amide bonds. The number of hydrogen-bond acceptors (Lipinski definition) is 8. The Kier molecular flexibility index (Phi) is 4.31. The number of nitrogens with one attached hydrogen (secondary N) is 1. The fraction of sp³-hybridized carbons (Fsp3) is 0.500. The summed E-state index contributed by atoms with van der Waals surface area (Å²) in [5, 5.41) is 3.04. The van der Waals surface area contributed by atoms with E-state index in [1.165, 1.54) is 5.56 Å². The van der Waals surface area contributed by atoms with Crippen LogP contribution in [0.15, 0.2) is 36.9 Å². The Hall–Kier alpha value is -3.08. The molecule has 1 aliphatic carbocycles. The maximum absolute atomic E-state index is 12.9. The van der Waals surface area contributed by atoms with Crippen LogP contribution in [-0.4, -0.2) is 62.1 Å². The lowest BCUT2D eigenvalue weighted by Crippen LogP contribution is -2.43. The number of para-hydroxylation sites is 1. The number of carbonyl (C=O) groups excluding carboxylic acids is 1. The summed E-state index contributed by atoms with van der Waals surface area (Å²) in [6, 6.07) is 8.57. The molecule has 2 aromatic heterocycles. The molecule has 0 radical (unpaired) electrons. The number of carbonyl (C=O) groups is 1. The molecule has 10 nitrogen and oxygen atoms in total. The van der Waals surface area contributed by atoms with Gasteiger partial charge in [0, 0.05) is 18.3 Å². The van der Waals surface area contributed by atoms with Gasteiger partial charge in [-0.15, -0.1) is 0 Å². The molecule has 34 heavy (non-hydrogen) atoms. The number of amides is 1. The molecule has 3 aliphatic heterocycles. The minimum absolute atomic E-state index is 0.158. The Labute approximate surface area is 196 Å². The molecule has 7 rings (SSSR count). The molecule has 176 valence electrons. The fourth-order valence-corrected chi connectivity index (χ4v) is 5.30. The van der Waals surface area contributed by atoms with Crippen molar-refractivity contribution in [3.8, 4) is 0 Å². The van der Waals surface area contributed by atoms with Crippen LogP contribution in [0, 0.1) is 0 Å². The first kappa shape index (κ1) is 20.3. The number of nitrogens with zero attached hydrogens (tertiary/aromatic N) is 5. The summed E-state index contributed by atoms with van der Waals surface area (Å²) >= 11 is 0. The van der Waals surface area contributed by atoms with Crippen LogP contribution in [-0.2, 0) is 25.4 Å². The van der Waals surface area contributed by atoms with E-state index in [1.807, 2.05) is 24.5 Å². The molecule has 1 saturated carbocycles. The van der Waals surface area contributed by atoms with Gasteiger partial charge in [-0.2, -0.15) is 0 Å². The Morgan fingerprint density at radius 1 is 1.12 bits per heavy atom. The average molecular weight is 463 g/mol. The zero-order valence-electron chi connectivity index (χ0n) is 19.0. The molecule has 2 saturated heterocycles. The Balaban J connectivity index is 1.26. The van der Waals surface area contributed by atoms with E-state index >= 15 is 0 Å². The third kappa shape index (κ3) is 3.13. The molecule has 0 unspecified atom stereocenters. The van der Waals surface area contributed by atoms with Crippen LogP contribution >= 0.6 is 0 Å². The molecule has 0 bridgehead atoms. The van der Waals surface area contributed by atoms with Crippen LogP contribution in [0.1, 0.15) is 38.5 Å². The predicted molar refractivity (Wildman–Crippen MR) is 121 cm³/mol. The fourth-order valence-electron chi connectivity index (χ4n) is 5.30. The predicted octanol–water partition coefficient (Wildman–Crippen LogP) is 2.22. The van der Waals surface area contributed by atoms with E-state index in [1.54, 1.807) is 12.7 Å². The quantitative estimate of drug-likeness (QED) is 0.630. The van der Waals surface area contributed by atoms with Gasteiger partial charge in [-0.05, 0) is 44.7 Å². The average Bonchev–Trinajstić information content (AvgIpc) is 3.14. The lowest BCUT2D eigenvalue weighted by atomic mass is 10.1. The zero-order valence-corrected chi connectivity index (χ0v) is 19.0. The molecular formula is C24H26N6O4. The molecule has 3 aromatic rings. The van der Waals surface area contributed by atoms with Gasteiger partial charge in [-0.3, -0.25) is 9.36 Å². The lowest BCUT2D eigenvalue weighted by Gasteiger charge is -2.24. The first-order valence-electron chi connectivity index (χ1n) is 11.8. The van der Waals surface area contributed by atoms with E-state index < -0.39 is 30.3 Å². The first-order valence-corrected chi connectivity index (χ1v) is 11.8. The standard InChI is InChI=1S/C24H26N6O4/c1-24(2)33-17-18(22(31)28-14-7-8-14)32-23(19(17)34-24)30-12-27-16-20(25-11-26-21(16)30)29-10-9-13-5-3-4-6-15(13)29/h3-6,11-12,14,17-19,23H,7-10H2,1-2H3,(H,28,31)/t17-,18+,19-,23-/m1/s1. The number of aromatic nitrogens is 4. The van der Waals surface area contributed by atoms with Crippen LogP contribution in [0.5, 0.6) is 0 Å². The number of rotatable bonds is 4. The van der Waals surface area contributed by atoms with Gasteiger partial charge in [0.15, 0.2) is 35.1 Å². The van der Waals surface area contributed by atoms with Crippen molar-refractivity contribution in [3.05, 3.63) is 42.5 Å². The summed E-state index contributed by atoms with van der Waals surface area (Å²) in [6.45, 7) is 4.54. The minimum atomic E-state index is -0.814. The second-order valence-electron chi connectivity index (χ2n) is 9.85. The van der Waals surface area contributed by atoms with Gasteiger partial charge in [0.1, 0.15) is 18.5 Å². The summed E-state index contributed by atoms with van der Waals surface area (Å²) in [7, 11) is 0. The van der Waals surface area contributed by atoms with E-state index in [2.05, 4.69) is 43.4 Å². The van der Waals surface area contributed by atoms with Crippen molar-refractivity contribution in [3.63, 3.8) is 0 Å². The van der Waals surface area contributed by atoms with Crippen LogP contribution < -0.4 is 10.2 Å². The molecule has 4 aliphatic rings. The first-order chi connectivity index (χ1) is 16.5. The van der Waals surface area contributed by atoms with Gasteiger partial charge in [0.25, 0.3) is 5.91 Å². The van der Waals surface area contributed by atoms with Crippen molar-refractivity contribution in [2.75, 3.05) is 11.4 Å². The Morgan fingerprint density at radius 3 is 2.79 bits per heavy atom. The van der Waals surface area contributed by atoms with E-state index in [0.29, 0.717) is 11.2 Å². The molecule has 10 heteroatoms. The second-order valence-corrected chi connectivity index (χ2v) is 9.85. The van der Waals surface area contributed by atoms with Gasteiger partial charge in [0.05, 0.1) is 6.33 Å². The summed E-state index contributed by atoms with van der Waals surface area (Å²) in [5.41, 5.74) is 3.75. The van der Waals surface area contributed by atoms with Gasteiger partial charge >= 0.3 is 0 Å². The lowest BCUT2D eigenvalue weighted by molar-refractivity contribution is -0.197. The molecular weight excluding hydrogens is 436 g/mol. The number of ether oxygens (including phenoxy) is 3. The number of imidazole rings is 1. The Morgan fingerprint density at radius 2 is 1.94 bits per heavy atom. The maximum Gasteiger partial charge on any atom is 0.252 e. The number of anilines is 2. The van der Waals surface area contributed by atoms with Crippen LogP contribution in [0.4, 0.5) is 11.5 Å². The Bertz CT molecular complexity index is 1290. The smallest absolute Gasteiger partial charge is 0.252 e. The highest BCUT2D eigenvalue weighted by Gasteiger charge is 2.58. The largest absolute Gasteiger partial charge is 0.351 e. The van der Waals surface area contributed by atoms with Crippen molar-refractivity contribution >= 4 is 28.6 Å². The van der Waals surface area contributed by atoms with Crippen molar-refractivity contribution in [2.45, 2.75) is 69.5 Å². The maximum atomic E-state index is 12.9. The van der Waals surface area contributed by atoms with Crippen molar-refractivity contribution < 1.29 is 19.0 Å². The normalized spacial score (nSPS) is 29.4. The molecule has 0 spiro atoms. The summed E-state index contributed by atoms with van der Waals surface area (Å²) in [5.74, 6) is -0.212. The highest BCUT2D eigenvalue weighted by molar-refractivity contribution is 5.87. The highest BCUT2D eigenvalue weighted by atomic mass is 16.8. The van der Waals surface area contributed by atoms with Crippen molar-refractivity contribution in [1.82, 2.24) is 24.8 Å². The topological polar surface area (TPSA) is 104 Å². The third-order valence-corrected chi connectivity index (χ3v) is 6.97. The van der Waals surface area contributed by atoms with E-state index in [-0.39, 0.29) is 11.9 Å². The summed E-state index contributed by atoms with van der Waals surface area (Å²) in [4.78, 5) is 28.9. The summed E-state index contributed by atoms with van der Waals surface area (Å²) in [6.07, 6.45) is 3.88. The van der Waals surface area contributed by atoms with Gasteiger partial charge in [-0.1, -0.05) is 18.2 Å². The van der Waals surface area contributed by atoms with Gasteiger partial charge in [-0.25, -0.2) is 15.0 Å². The molecule has 5 heterocycles. The molecule has 1 N–H and O–H groups in total. The highest BCUT2D eigenvalue weighted by Crippen LogP contribution is 2.44. The molecule has 1 aromatic carbocycles. The van der Waals surface area contributed by atoms with E-state index in [4.69, 9.17) is 14.2 Å². The SMILES string of the molecule is CC1(C)O[C@@H]2[C@H](O1)[C@@H](C(=O)NC1CC1)O[C@H]2n1cnc2c(N3CCc4ccccc43)ncnc21. The second kappa shape index (κ2) is 7.21. The van der Waals surface area contributed by atoms with Crippen LogP contribution in [0.3, 0.4) is 0 Å². The summed E-state index contributed by atoms with van der Waals surface area (Å²) < 4.78 is 20.4. The van der Waals surface area contributed by atoms with E-state index in [0.717, 1.165) is 37.3 Å². The number of fused-ring (bicyclic) bond motifs is 3. The number of benzene rings is 1. The minimum Gasteiger partial charge on any atom is -0.351 e. The van der Waals surface area contributed by atoms with Crippen LogP contribution in [0.2, 0.25) is 0 Å². The molecule has 3 fully saturated rings. The van der Waals surface area contributed by atoms with Gasteiger partial charge < -0.3 is 24.4 Å². The number of hydrogen-bond donors (Lipinski definition) is 1. The molecule has 4 atom stereocenters. The third-order valence-electron chi connectivity index (χ3n) is 6.97. The monoisotopic (exact) mass is 462 g/mol. The van der Waals surface area contributed by atoms with Crippen molar-refractivity contribution in [2.24, 2.45) is 0 Å². The zero-order chi connectivity index (χ0) is 23.0. The van der Waals surface area contributed by atoms with Gasteiger partial charge in [0.2, 0.25) is 0 Å². The van der Waals surface area contributed by atoms with Crippen molar-refractivity contribution in [1.29, 1.82) is 0 Å². The van der Waals surface area contributed by atoms with E-state index in [9.17, 15) is 4.79 Å². The van der Waals surface area contributed by atoms with Crippen LogP contribution in [0.25, 0.3) is 11.2 Å².